The predicted octanol–water partition coefficient (Wildman–Crippen LogP) is 0.179. The van der Waals surface area contributed by atoms with E-state index in [1.54, 1.807) is 30.3 Å². The Bertz CT molecular complexity index is 210. The molecule has 0 aliphatic rings. The van der Waals surface area contributed by atoms with Crippen LogP contribution in [0.15, 0.2) is 30.3 Å². The first-order chi connectivity index (χ1) is 4.30. The Kier molecular flexibility index (Phi) is 7.02. The van der Waals surface area contributed by atoms with Crippen molar-refractivity contribution in [2.45, 2.75) is 0 Å². The molecule has 55 valence electrons. The van der Waals surface area contributed by atoms with Crippen LogP contribution in [-0.4, -0.2) is 35.4 Å². The van der Waals surface area contributed by atoms with E-state index in [2.05, 4.69) is 0 Å². The first-order valence-electron chi connectivity index (χ1n) is 2.59. The van der Waals surface area contributed by atoms with Gasteiger partial charge in [0.2, 0.25) is 0 Å². The van der Waals surface area contributed by atoms with Crippen molar-refractivity contribution in [3.63, 3.8) is 0 Å². The summed E-state index contributed by atoms with van der Waals surface area (Å²) in [5.41, 5.74) is 0.331. The van der Waals surface area contributed by atoms with Crippen molar-refractivity contribution in [3.8, 4) is 0 Å². The van der Waals surface area contributed by atoms with Gasteiger partial charge >= 0.3 is 5.97 Å². The van der Waals surface area contributed by atoms with Crippen molar-refractivity contribution in [1.82, 2.24) is 0 Å². The van der Waals surface area contributed by atoms with Crippen LogP contribution >= 0.6 is 0 Å². The number of benzene rings is 1. The Morgan fingerprint density at radius 3 is 1.91 bits per heavy atom. The molecule has 0 aliphatic heterocycles. The minimum absolute atomic E-state index is 0. The van der Waals surface area contributed by atoms with Gasteiger partial charge in [-0.3, -0.25) is 0 Å². The number of carboxylic acids is 1. The fourth-order valence-electron chi connectivity index (χ4n) is 0.581. The minimum Gasteiger partial charge on any atom is -0.478 e. The number of rotatable bonds is 1. The summed E-state index contributed by atoms with van der Waals surface area (Å²) in [6, 6.07) is 8.30. The minimum atomic E-state index is -0.879. The molecule has 0 aliphatic carbocycles. The molecule has 1 radical (unpaired) electrons. The van der Waals surface area contributed by atoms with E-state index >= 15 is 0 Å². The number of carboxylic acid groups (broad SMARTS) is 1. The molecule has 0 atom stereocenters. The molecule has 1 rings (SSSR count). The summed E-state index contributed by atoms with van der Waals surface area (Å²) in [6.45, 7) is 0. The van der Waals surface area contributed by atoms with Crippen LogP contribution in [0.25, 0.3) is 0 Å². The van der Waals surface area contributed by atoms with Crippen LogP contribution in [0.5, 0.6) is 0 Å². The van der Waals surface area contributed by atoms with Crippen LogP contribution < -0.4 is 0 Å². The van der Waals surface area contributed by atoms with Crippen LogP contribution in [0.4, 0.5) is 0 Å². The van der Waals surface area contributed by atoms with E-state index < -0.39 is 5.97 Å². The molecule has 0 saturated heterocycles. The number of carbonyl (C=O) groups is 1. The van der Waals surface area contributed by atoms with E-state index in [0.29, 0.717) is 5.56 Å². The number of aromatic carboxylic acids is 1. The molecule has 4 heteroatoms. The molecule has 1 aromatic rings. The molecule has 0 saturated carbocycles. The Morgan fingerprint density at radius 2 is 1.64 bits per heavy atom. The SMILES string of the molecule is O.O=C(O)c1ccccc1.[Li]. The van der Waals surface area contributed by atoms with Gasteiger partial charge in [-0.25, -0.2) is 4.79 Å². The molecule has 3 nitrogen and oxygen atoms in total. The maximum Gasteiger partial charge on any atom is 0.335 e. The third-order valence-corrected chi connectivity index (χ3v) is 1.02. The van der Waals surface area contributed by atoms with Gasteiger partial charge in [0.15, 0.2) is 0 Å². The molecule has 0 fully saturated rings. The Morgan fingerprint density at radius 1 is 1.18 bits per heavy atom. The topological polar surface area (TPSA) is 68.8 Å². The van der Waals surface area contributed by atoms with Crippen LogP contribution in [0.1, 0.15) is 10.4 Å². The van der Waals surface area contributed by atoms with E-state index in [1.807, 2.05) is 0 Å². The summed E-state index contributed by atoms with van der Waals surface area (Å²) in [5, 5.41) is 8.38. The number of hydrogen-bond acceptors (Lipinski definition) is 1. The molecule has 1 aromatic carbocycles. The van der Waals surface area contributed by atoms with Crippen molar-refractivity contribution in [2.75, 3.05) is 0 Å². The Labute approximate surface area is 76.5 Å². The third kappa shape index (κ3) is 3.84. The van der Waals surface area contributed by atoms with Crippen LogP contribution in [-0.2, 0) is 0 Å². The van der Waals surface area contributed by atoms with E-state index in [1.165, 1.54) is 0 Å². The zero-order valence-corrected chi connectivity index (χ0v) is 6.24. The summed E-state index contributed by atoms with van der Waals surface area (Å²) >= 11 is 0. The van der Waals surface area contributed by atoms with Gasteiger partial charge in [0, 0.05) is 18.9 Å². The monoisotopic (exact) mass is 147 g/mol. The third-order valence-electron chi connectivity index (χ3n) is 1.02. The fraction of sp³-hybridized carbons (Fsp3) is 0. The van der Waals surface area contributed by atoms with Gasteiger partial charge in [0.25, 0.3) is 0 Å². The molecule has 11 heavy (non-hydrogen) atoms. The van der Waals surface area contributed by atoms with Crippen molar-refractivity contribution >= 4 is 24.8 Å². The maximum absolute atomic E-state index is 10.2. The average Bonchev–Trinajstić information content (AvgIpc) is 1.90. The normalized spacial score (nSPS) is 7.27. The molecule has 0 amide bonds. The van der Waals surface area contributed by atoms with Gasteiger partial charge in [-0.15, -0.1) is 0 Å². The standard InChI is InChI=1S/C7H6O2.Li.H2O/c8-7(9)6-4-2-1-3-5-6;;/h1-5H,(H,8,9);;1H2. The second-order valence-corrected chi connectivity index (χ2v) is 1.67. The van der Waals surface area contributed by atoms with Gasteiger partial charge < -0.3 is 10.6 Å². The zero-order valence-electron chi connectivity index (χ0n) is 6.24. The van der Waals surface area contributed by atoms with Gasteiger partial charge in [-0.1, -0.05) is 18.2 Å². The summed E-state index contributed by atoms with van der Waals surface area (Å²) in [5.74, 6) is -0.879. The van der Waals surface area contributed by atoms with Crippen molar-refractivity contribution < 1.29 is 15.4 Å². The molecule has 0 heterocycles. The first kappa shape index (κ1) is 12.9. The summed E-state index contributed by atoms with van der Waals surface area (Å²) in [4.78, 5) is 10.2. The first-order valence-corrected chi connectivity index (χ1v) is 2.59. The van der Waals surface area contributed by atoms with E-state index in [9.17, 15) is 4.79 Å². The number of hydrogen-bond donors (Lipinski definition) is 1. The summed E-state index contributed by atoms with van der Waals surface area (Å²) < 4.78 is 0. The second kappa shape index (κ2) is 5.99. The molecular formula is C7H8LiO3. The summed E-state index contributed by atoms with van der Waals surface area (Å²) in [6.07, 6.45) is 0. The van der Waals surface area contributed by atoms with Gasteiger partial charge in [-0.05, 0) is 12.1 Å². The molecule has 0 unspecified atom stereocenters. The molecule has 0 bridgehead atoms. The van der Waals surface area contributed by atoms with Crippen molar-refractivity contribution in [3.05, 3.63) is 35.9 Å². The van der Waals surface area contributed by atoms with Gasteiger partial charge in [-0.2, -0.15) is 0 Å². The van der Waals surface area contributed by atoms with E-state index in [-0.39, 0.29) is 24.3 Å². The maximum atomic E-state index is 10.2. The van der Waals surface area contributed by atoms with E-state index in [0.717, 1.165) is 0 Å². The Balaban J connectivity index is 0. The van der Waals surface area contributed by atoms with Crippen LogP contribution in [0.3, 0.4) is 0 Å². The largest absolute Gasteiger partial charge is 0.478 e. The Hall–Kier alpha value is -0.753. The van der Waals surface area contributed by atoms with E-state index in [4.69, 9.17) is 5.11 Å². The average molecular weight is 147 g/mol. The van der Waals surface area contributed by atoms with Gasteiger partial charge in [0.05, 0.1) is 5.56 Å². The second-order valence-electron chi connectivity index (χ2n) is 1.67. The van der Waals surface area contributed by atoms with Crippen LogP contribution in [0.2, 0.25) is 0 Å². The predicted molar refractivity (Wildman–Crippen MR) is 42.8 cm³/mol. The molecule has 3 N–H and O–H groups in total. The van der Waals surface area contributed by atoms with Crippen LogP contribution in [0, 0.1) is 0 Å². The van der Waals surface area contributed by atoms with Crippen molar-refractivity contribution in [1.29, 1.82) is 0 Å². The molecular weight excluding hydrogens is 139 g/mol. The zero-order chi connectivity index (χ0) is 6.69. The van der Waals surface area contributed by atoms with Crippen molar-refractivity contribution in [2.24, 2.45) is 0 Å². The molecule has 0 aromatic heterocycles. The smallest absolute Gasteiger partial charge is 0.335 e. The molecule has 0 spiro atoms. The summed E-state index contributed by atoms with van der Waals surface area (Å²) in [7, 11) is 0. The fourth-order valence-corrected chi connectivity index (χ4v) is 0.581. The van der Waals surface area contributed by atoms with Gasteiger partial charge in [0.1, 0.15) is 0 Å². The quantitative estimate of drug-likeness (QED) is 0.575.